The van der Waals surface area contributed by atoms with Crippen LogP contribution in [0.2, 0.25) is 10.0 Å². The standard InChI is InChI=1S/C13H17Cl2N5O/c1-9-12(15)7-18-20(9)10(2)13(21)16-4-3-5-19-8-11(14)6-17-19/h6-8,10H,3-5H2,1-2H3,(H,16,21). The van der Waals surface area contributed by atoms with Crippen molar-refractivity contribution < 1.29 is 4.79 Å². The summed E-state index contributed by atoms with van der Waals surface area (Å²) in [5, 5.41) is 12.2. The van der Waals surface area contributed by atoms with Gasteiger partial charge in [-0.15, -0.1) is 0 Å². The molecule has 1 atom stereocenters. The first-order chi connectivity index (χ1) is 9.99. The minimum atomic E-state index is -0.392. The number of rotatable bonds is 6. The third-order valence-electron chi connectivity index (χ3n) is 3.20. The fourth-order valence-electron chi connectivity index (χ4n) is 1.96. The third kappa shape index (κ3) is 3.98. The predicted molar refractivity (Wildman–Crippen MR) is 81.5 cm³/mol. The summed E-state index contributed by atoms with van der Waals surface area (Å²) in [6.45, 7) is 4.89. The van der Waals surface area contributed by atoms with Gasteiger partial charge < -0.3 is 5.32 Å². The van der Waals surface area contributed by atoms with Gasteiger partial charge in [-0.25, -0.2) is 0 Å². The molecule has 2 rings (SSSR count). The van der Waals surface area contributed by atoms with E-state index < -0.39 is 6.04 Å². The first kappa shape index (κ1) is 15.9. The molecule has 2 aromatic rings. The van der Waals surface area contributed by atoms with Crippen LogP contribution in [-0.4, -0.2) is 32.0 Å². The van der Waals surface area contributed by atoms with Crippen molar-refractivity contribution in [3.8, 4) is 0 Å². The average Bonchev–Trinajstić information content (AvgIpc) is 3.01. The fourth-order valence-corrected chi connectivity index (χ4v) is 2.25. The normalized spacial score (nSPS) is 12.4. The van der Waals surface area contributed by atoms with Gasteiger partial charge in [-0.1, -0.05) is 23.2 Å². The topological polar surface area (TPSA) is 64.7 Å². The van der Waals surface area contributed by atoms with Crippen LogP contribution in [0.4, 0.5) is 0 Å². The number of amides is 1. The molecule has 1 N–H and O–H groups in total. The van der Waals surface area contributed by atoms with Gasteiger partial charge in [0.1, 0.15) is 6.04 Å². The van der Waals surface area contributed by atoms with Gasteiger partial charge in [0.2, 0.25) is 5.91 Å². The monoisotopic (exact) mass is 329 g/mol. The summed E-state index contributed by atoms with van der Waals surface area (Å²) in [5.74, 6) is -0.0867. The molecule has 1 unspecified atom stereocenters. The van der Waals surface area contributed by atoms with Crippen molar-refractivity contribution in [1.82, 2.24) is 24.9 Å². The number of carbonyl (C=O) groups is 1. The van der Waals surface area contributed by atoms with E-state index in [9.17, 15) is 4.79 Å². The van der Waals surface area contributed by atoms with Crippen molar-refractivity contribution in [2.45, 2.75) is 32.9 Å². The van der Waals surface area contributed by atoms with Gasteiger partial charge in [-0.3, -0.25) is 14.2 Å². The van der Waals surface area contributed by atoms with Crippen molar-refractivity contribution >= 4 is 29.1 Å². The summed E-state index contributed by atoms with van der Waals surface area (Å²) in [5.41, 5.74) is 0.783. The van der Waals surface area contributed by atoms with Crippen molar-refractivity contribution in [3.63, 3.8) is 0 Å². The Bertz CT molecular complexity index is 622. The summed E-state index contributed by atoms with van der Waals surface area (Å²) >= 11 is 11.7. The zero-order valence-electron chi connectivity index (χ0n) is 11.9. The Hall–Kier alpha value is -1.53. The molecule has 6 nitrogen and oxygen atoms in total. The van der Waals surface area contributed by atoms with Crippen LogP contribution in [0.25, 0.3) is 0 Å². The van der Waals surface area contributed by atoms with E-state index in [1.807, 2.05) is 6.92 Å². The molecule has 0 aromatic carbocycles. The Labute approximate surface area is 133 Å². The van der Waals surface area contributed by atoms with Gasteiger partial charge in [0.05, 0.1) is 28.1 Å². The van der Waals surface area contributed by atoms with Crippen molar-refractivity contribution in [1.29, 1.82) is 0 Å². The molecule has 0 aliphatic carbocycles. The highest BCUT2D eigenvalue weighted by atomic mass is 35.5. The number of halogens is 2. The van der Waals surface area contributed by atoms with Gasteiger partial charge in [-0.05, 0) is 20.3 Å². The van der Waals surface area contributed by atoms with Gasteiger partial charge >= 0.3 is 0 Å². The maximum absolute atomic E-state index is 12.1. The summed E-state index contributed by atoms with van der Waals surface area (Å²) in [4.78, 5) is 12.1. The fraction of sp³-hybridized carbons (Fsp3) is 0.462. The van der Waals surface area contributed by atoms with E-state index in [0.29, 0.717) is 23.1 Å². The van der Waals surface area contributed by atoms with Crippen LogP contribution in [0.5, 0.6) is 0 Å². The second kappa shape index (κ2) is 6.95. The lowest BCUT2D eigenvalue weighted by Crippen LogP contribution is -2.33. The van der Waals surface area contributed by atoms with Crippen molar-refractivity contribution in [2.75, 3.05) is 6.54 Å². The maximum atomic E-state index is 12.1. The van der Waals surface area contributed by atoms with Gasteiger partial charge in [-0.2, -0.15) is 10.2 Å². The lowest BCUT2D eigenvalue weighted by atomic mass is 10.3. The van der Waals surface area contributed by atoms with Gasteiger partial charge in [0.15, 0.2) is 0 Å². The highest BCUT2D eigenvalue weighted by molar-refractivity contribution is 6.31. The second-order valence-electron chi connectivity index (χ2n) is 4.76. The summed E-state index contributed by atoms with van der Waals surface area (Å²) in [6.07, 6.45) is 5.66. The number of carbonyl (C=O) groups excluding carboxylic acids is 1. The molecular weight excluding hydrogens is 313 g/mol. The Balaban J connectivity index is 1.78. The molecule has 21 heavy (non-hydrogen) atoms. The van der Waals surface area contributed by atoms with Gasteiger partial charge in [0.25, 0.3) is 0 Å². The number of aromatic nitrogens is 4. The average molecular weight is 330 g/mol. The Kier molecular flexibility index (Phi) is 5.25. The number of nitrogens with zero attached hydrogens (tertiary/aromatic N) is 4. The molecule has 0 bridgehead atoms. The van der Waals surface area contributed by atoms with E-state index in [1.54, 1.807) is 34.9 Å². The van der Waals surface area contributed by atoms with Crippen LogP contribution in [0.15, 0.2) is 18.6 Å². The van der Waals surface area contributed by atoms with E-state index in [1.165, 1.54) is 0 Å². The van der Waals surface area contributed by atoms with Gasteiger partial charge in [0, 0.05) is 19.3 Å². The quantitative estimate of drug-likeness (QED) is 0.828. The summed E-state index contributed by atoms with van der Waals surface area (Å²) < 4.78 is 3.36. The van der Waals surface area contributed by atoms with Crippen molar-refractivity contribution in [2.24, 2.45) is 0 Å². The zero-order valence-corrected chi connectivity index (χ0v) is 13.4. The molecule has 0 aliphatic rings. The molecule has 0 spiro atoms. The van der Waals surface area contributed by atoms with Crippen LogP contribution in [-0.2, 0) is 11.3 Å². The Morgan fingerprint density at radius 3 is 2.71 bits per heavy atom. The van der Waals surface area contributed by atoms with E-state index in [2.05, 4.69) is 15.5 Å². The first-order valence-electron chi connectivity index (χ1n) is 6.64. The van der Waals surface area contributed by atoms with Crippen LogP contribution in [0.3, 0.4) is 0 Å². The largest absolute Gasteiger partial charge is 0.354 e. The molecule has 2 heterocycles. The summed E-state index contributed by atoms with van der Waals surface area (Å²) in [7, 11) is 0. The lowest BCUT2D eigenvalue weighted by molar-refractivity contribution is -0.124. The lowest BCUT2D eigenvalue weighted by Gasteiger charge is -2.14. The minimum absolute atomic E-state index is 0.0867. The number of nitrogens with one attached hydrogen (secondary N) is 1. The predicted octanol–water partition coefficient (Wildman–Crippen LogP) is 2.46. The molecule has 0 saturated heterocycles. The van der Waals surface area contributed by atoms with Crippen LogP contribution in [0, 0.1) is 6.92 Å². The Morgan fingerprint density at radius 1 is 1.38 bits per heavy atom. The Morgan fingerprint density at radius 2 is 2.14 bits per heavy atom. The summed E-state index contributed by atoms with van der Waals surface area (Å²) in [6, 6.07) is -0.392. The van der Waals surface area contributed by atoms with E-state index in [4.69, 9.17) is 23.2 Å². The molecule has 0 radical (unpaired) electrons. The van der Waals surface area contributed by atoms with E-state index in [0.717, 1.165) is 12.1 Å². The van der Waals surface area contributed by atoms with Crippen LogP contribution in [0.1, 0.15) is 25.1 Å². The molecule has 0 saturated carbocycles. The molecule has 114 valence electrons. The van der Waals surface area contributed by atoms with E-state index >= 15 is 0 Å². The molecule has 8 heteroatoms. The number of hydrogen-bond acceptors (Lipinski definition) is 3. The maximum Gasteiger partial charge on any atom is 0.244 e. The van der Waals surface area contributed by atoms with E-state index in [-0.39, 0.29) is 5.91 Å². The zero-order chi connectivity index (χ0) is 15.4. The first-order valence-corrected chi connectivity index (χ1v) is 7.40. The molecule has 1 amide bonds. The highest BCUT2D eigenvalue weighted by Gasteiger charge is 2.18. The number of aryl methyl sites for hydroxylation is 1. The molecule has 2 aromatic heterocycles. The molecule has 0 aliphatic heterocycles. The second-order valence-corrected chi connectivity index (χ2v) is 5.61. The minimum Gasteiger partial charge on any atom is -0.354 e. The third-order valence-corrected chi connectivity index (χ3v) is 3.76. The SMILES string of the molecule is Cc1c(Cl)cnn1C(C)C(=O)NCCCn1cc(Cl)cn1. The highest BCUT2D eigenvalue weighted by Crippen LogP contribution is 2.17. The smallest absolute Gasteiger partial charge is 0.244 e. The molecule has 0 fully saturated rings. The number of hydrogen-bond donors (Lipinski definition) is 1. The van der Waals surface area contributed by atoms with Crippen LogP contribution >= 0.6 is 23.2 Å². The van der Waals surface area contributed by atoms with Crippen LogP contribution < -0.4 is 5.32 Å². The molecular formula is C13H17Cl2N5O. The van der Waals surface area contributed by atoms with Crippen molar-refractivity contribution in [3.05, 3.63) is 34.3 Å².